The van der Waals surface area contributed by atoms with Gasteiger partial charge in [0.05, 0.1) is 0 Å². The molecule has 1 heterocycles. The van der Waals surface area contributed by atoms with Crippen molar-refractivity contribution >= 4 is 5.91 Å². The van der Waals surface area contributed by atoms with E-state index in [1.165, 1.54) is 0 Å². The quantitative estimate of drug-likeness (QED) is 0.361. The van der Waals surface area contributed by atoms with Crippen LogP contribution in [-0.2, 0) is 9.63 Å². The van der Waals surface area contributed by atoms with Gasteiger partial charge in [-0.3, -0.25) is 9.63 Å². The molecule has 1 saturated heterocycles. The Morgan fingerprint density at radius 3 is 2.86 bits per heavy atom. The van der Waals surface area contributed by atoms with Crippen molar-refractivity contribution in [2.24, 2.45) is 0 Å². The lowest BCUT2D eigenvalue weighted by atomic mass is 10.3. The van der Waals surface area contributed by atoms with Crippen LogP contribution in [-0.4, -0.2) is 18.6 Å². The summed E-state index contributed by atoms with van der Waals surface area (Å²) < 4.78 is 0. The van der Waals surface area contributed by atoms with Gasteiger partial charge in [-0.2, -0.15) is 0 Å². The molecule has 4 heteroatoms. The summed E-state index contributed by atoms with van der Waals surface area (Å²) in [6.07, 6.45) is 0. The van der Waals surface area contributed by atoms with Crippen LogP contribution >= 0.6 is 0 Å². The van der Waals surface area contributed by atoms with E-state index in [1.807, 2.05) is 0 Å². The molecule has 0 aromatic rings. The largest absolute Gasteiger partial charge is 0.345 e. The van der Waals surface area contributed by atoms with Crippen LogP contribution in [0.4, 0.5) is 0 Å². The van der Waals surface area contributed by atoms with Crippen LogP contribution in [0.2, 0.25) is 0 Å². The van der Waals surface area contributed by atoms with Gasteiger partial charge in [0.15, 0.2) is 6.04 Å². The predicted molar refractivity (Wildman–Crippen MR) is 20.8 cm³/mol. The molecule has 1 aliphatic heterocycles. The number of hydrogen-bond donors (Lipinski definition) is 2. The minimum Gasteiger partial charge on any atom is -0.345 e. The molecule has 4 N–H and O–H groups in total. The Morgan fingerprint density at radius 2 is 2.71 bits per heavy atom. The Bertz CT molecular complexity index is 92.9. The van der Waals surface area contributed by atoms with Crippen molar-refractivity contribution < 1.29 is 15.4 Å². The standard InChI is InChI=1S/C3H6N2O2/c4-2-1-7-5-3(2)6/h2H,1,4H2,(H,5,6)/p+1. The van der Waals surface area contributed by atoms with Crippen molar-refractivity contribution in [2.75, 3.05) is 6.61 Å². The summed E-state index contributed by atoms with van der Waals surface area (Å²) in [5.41, 5.74) is 5.65. The van der Waals surface area contributed by atoms with E-state index >= 15 is 0 Å². The maximum Gasteiger partial charge on any atom is 0.304 e. The van der Waals surface area contributed by atoms with E-state index in [4.69, 9.17) is 0 Å². The van der Waals surface area contributed by atoms with Crippen LogP contribution in [0.15, 0.2) is 0 Å². The molecule has 7 heavy (non-hydrogen) atoms. The molecule has 1 amide bonds. The molecule has 1 fully saturated rings. The molecule has 0 spiro atoms. The summed E-state index contributed by atoms with van der Waals surface area (Å²) in [5, 5.41) is 0. The van der Waals surface area contributed by atoms with Crippen LogP contribution in [0.5, 0.6) is 0 Å². The Labute approximate surface area is 40.6 Å². The fourth-order valence-corrected chi connectivity index (χ4v) is 0.372. The van der Waals surface area contributed by atoms with Gasteiger partial charge < -0.3 is 5.73 Å². The maximum absolute atomic E-state index is 10.3. The van der Waals surface area contributed by atoms with Gasteiger partial charge in [0.1, 0.15) is 6.61 Å². The zero-order valence-corrected chi connectivity index (χ0v) is 3.81. The highest BCUT2D eigenvalue weighted by atomic mass is 16.7. The first-order valence-corrected chi connectivity index (χ1v) is 2.05. The molecule has 0 aromatic carbocycles. The Hall–Kier alpha value is -0.610. The molecule has 1 aliphatic rings. The van der Waals surface area contributed by atoms with Crippen LogP contribution in [0.25, 0.3) is 0 Å². The molecule has 1 rings (SSSR count). The van der Waals surface area contributed by atoms with Crippen molar-refractivity contribution in [3.8, 4) is 0 Å². The fourth-order valence-electron chi connectivity index (χ4n) is 0.372. The van der Waals surface area contributed by atoms with Gasteiger partial charge in [0.2, 0.25) is 0 Å². The number of nitrogens with one attached hydrogen (secondary N) is 1. The second-order valence-corrected chi connectivity index (χ2v) is 1.47. The number of carbonyl (C=O) groups excluding carboxylic acids is 1. The Balaban J connectivity index is 2.48. The molecule has 0 aliphatic carbocycles. The summed E-state index contributed by atoms with van der Waals surface area (Å²) in [7, 11) is 0. The number of hydroxylamine groups is 1. The topological polar surface area (TPSA) is 66.0 Å². The molecular formula is C3H7N2O2+. The third kappa shape index (κ3) is 0.703. The summed E-state index contributed by atoms with van der Waals surface area (Å²) >= 11 is 0. The van der Waals surface area contributed by atoms with E-state index in [2.05, 4.69) is 16.1 Å². The van der Waals surface area contributed by atoms with Crippen LogP contribution in [0, 0.1) is 0 Å². The minimum absolute atomic E-state index is 0.125. The molecule has 0 bridgehead atoms. The predicted octanol–water partition coefficient (Wildman–Crippen LogP) is -2.34. The first-order valence-electron chi connectivity index (χ1n) is 2.05. The summed E-state index contributed by atoms with van der Waals surface area (Å²) in [6.45, 7) is 0.402. The summed E-state index contributed by atoms with van der Waals surface area (Å²) in [5.74, 6) is -0.125. The van der Waals surface area contributed by atoms with E-state index in [1.54, 1.807) is 0 Å². The van der Waals surface area contributed by atoms with E-state index < -0.39 is 0 Å². The minimum atomic E-state index is -0.208. The molecule has 1 unspecified atom stereocenters. The van der Waals surface area contributed by atoms with E-state index in [-0.39, 0.29) is 11.9 Å². The number of amides is 1. The average Bonchev–Trinajstić information content (AvgIpc) is 1.91. The highest BCUT2D eigenvalue weighted by Crippen LogP contribution is 1.84. The molecule has 4 nitrogen and oxygen atoms in total. The Kier molecular flexibility index (Phi) is 0.958. The SMILES string of the molecule is [NH3+]C1CONC1=O. The second-order valence-electron chi connectivity index (χ2n) is 1.47. The molecule has 40 valence electrons. The van der Waals surface area contributed by atoms with Gasteiger partial charge >= 0.3 is 5.91 Å². The first-order chi connectivity index (χ1) is 3.30. The molecular weight excluding hydrogens is 96.0 g/mol. The first kappa shape index (κ1) is 4.55. The van der Waals surface area contributed by atoms with Gasteiger partial charge in [-0.25, -0.2) is 5.48 Å². The number of carbonyl (C=O) groups is 1. The number of hydrogen-bond acceptors (Lipinski definition) is 2. The highest BCUT2D eigenvalue weighted by molar-refractivity contribution is 5.80. The van der Waals surface area contributed by atoms with E-state index in [0.717, 1.165) is 0 Å². The monoisotopic (exact) mass is 103 g/mol. The van der Waals surface area contributed by atoms with Crippen LogP contribution in [0.1, 0.15) is 0 Å². The number of quaternary nitrogens is 1. The third-order valence-corrected chi connectivity index (χ3v) is 0.828. The van der Waals surface area contributed by atoms with Crippen LogP contribution < -0.4 is 11.2 Å². The zero-order valence-electron chi connectivity index (χ0n) is 3.81. The second kappa shape index (κ2) is 1.48. The smallest absolute Gasteiger partial charge is 0.304 e. The van der Waals surface area contributed by atoms with Crippen molar-refractivity contribution in [3.63, 3.8) is 0 Å². The zero-order chi connectivity index (χ0) is 5.28. The van der Waals surface area contributed by atoms with Crippen molar-refractivity contribution in [1.82, 2.24) is 5.48 Å². The van der Waals surface area contributed by atoms with Gasteiger partial charge in [-0.15, -0.1) is 0 Å². The van der Waals surface area contributed by atoms with Crippen molar-refractivity contribution in [3.05, 3.63) is 0 Å². The van der Waals surface area contributed by atoms with Gasteiger partial charge in [-0.1, -0.05) is 0 Å². The maximum atomic E-state index is 10.3. The third-order valence-electron chi connectivity index (χ3n) is 0.828. The fraction of sp³-hybridized carbons (Fsp3) is 0.667. The van der Waals surface area contributed by atoms with Crippen molar-refractivity contribution in [2.45, 2.75) is 6.04 Å². The summed E-state index contributed by atoms with van der Waals surface area (Å²) in [4.78, 5) is 14.8. The van der Waals surface area contributed by atoms with Gasteiger partial charge in [-0.05, 0) is 0 Å². The molecule has 0 radical (unpaired) electrons. The lowest BCUT2D eigenvalue weighted by Crippen LogP contribution is -2.65. The normalized spacial score (nSPS) is 30.4. The highest BCUT2D eigenvalue weighted by Gasteiger charge is 2.23. The molecule has 0 aromatic heterocycles. The van der Waals surface area contributed by atoms with E-state index in [9.17, 15) is 4.79 Å². The van der Waals surface area contributed by atoms with Gasteiger partial charge in [0.25, 0.3) is 0 Å². The lowest BCUT2D eigenvalue weighted by Gasteiger charge is -1.83. The summed E-state index contributed by atoms with van der Waals surface area (Å²) in [6, 6.07) is -0.208. The van der Waals surface area contributed by atoms with Crippen molar-refractivity contribution in [1.29, 1.82) is 0 Å². The molecule has 0 saturated carbocycles. The lowest BCUT2D eigenvalue weighted by molar-refractivity contribution is -0.402. The average molecular weight is 103 g/mol. The van der Waals surface area contributed by atoms with Crippen LogP contribution in [0.3, 0.4) is 0 Å². The Morgan fingerprint density at radius 1 is 2.00 bits per heavy atom. The van der Waals surface area contributed by atoms with E-state index in [0.29, 0.717) is 6.61 Å². The molecule has 1 atom stereocenters. The van der Waals surface area contributed by atoms with Gasteiger partial charge in [0, 0.05) is 0 Å². The number of rotatable bonds is 0.